The molecule has 0 spiro atoms. The first-order valence-electron chi connectivity index (χ1n) is 4.07. The summed E-state index contributed by atoms with van der Waals surface area (Å²) in [5, 5.41) is 9.75. The minimum absolute atomic E-state index is 0.380. The third kappa shape index (κ3) is 0.722. The molecule has 58 valence electrons. The monoisotopic (exact) mass is 141 g/mol. The van der Waals surface area contributed by atoms with Gasteiger partial charge in [-0.3, -0.25) is 0 Å². The highest BCUT2D eigenvalue weighted by molar-refractivity contribution is 5.03. The van der Waals surface area contributed by atoms with Crippen molar-refractivity contribution in [1.82, 2.24) is 0 Å². The SMILES string of the molecule is C[C@@]1(O)C[C@@H]2C[C@H]1C[C@@H]2N. The maximum absolute atomic E-state index is 9.75. The number of nitrogens with two attached hydrogens (primary N) is 1. The van der Waals surface area contributed by atoms with E-state index in [-0.39, 0.29) is 5.60 Å². The Morgan fingerprint density at radius 2 is 2.20 bits per heavy atom. The molecule has 0 unspecified atom stereocenters. The van der Waals surface area contributed by atoms with E-state index in [1.165, 1.54) is 0 Å². The van der Waals surface area contributed by atoms with Crippen molar-refractivity contribution >= 4 is 0 Å². The summed E-state index contributed by atoms with van der Waals surface area (Å²) in [5.74, 6) is 1.10. The minimum atomic E-state index is -0.388. The Bertz CT molecular complexity index is 153. The second kappa shape index (κ2) is 1.74. The molecule has 2 bridgehead atoms. The third-order valence-corrected chi connectivity index (χ3v) is 3.30. The van der Waals surface area contributed by atoms with E-state index in [0.717, 1.165) is 19.3 Å². The molecule has 0 heterocycles. The highest BCUT2D eigenvalue weighted by Crippen LogP contribution is 2.49. The summed E-state index contributed by atoms with van der Waals surface area (Å²) < 4.78 is 0. The van der Waals surface area contributed by atoms with Crippen LogP contribution in [0.25, 0.3) is 0 Å². The van der Waals surface area contributed by atoms with Gasteiger partial charge in [0.25, 0.3) is 0 Å². The lowest BCUT2D eigenvalue weighted by molar-refractivity contribution is 0.00155. The first-order valence-corrected chi connectivity index (χ1v) is 4.07. The van der Waals surface area contributed by atoms with Crippen LogP contribution in [-0.2, 0) is 0 Å². The first kappa shape index (κ1) is 6.62. The van der Waals surface area contributed by atoms with E-state index in [1.807, 2.05) is 6.92 Å². The Morgan fingerprint density at radius 1 is 1.50 bits per heavy atom. The Kier molecular flexibility index (Phi) is 1.15. The van der Waals surface area contributed by atoms with Gasteiger partial charge >= 0.3 is 0 Å². The van der Waals surface area contributed by atoms with Gasteiger partial charge in [0, 0.05) is 6.04 Å². The molecule has 2 heteroatoms. The van der Waals surface area contributed by atoms with E-state index in [4.69, 9.17) is 5.73 Å². The second-order valence-corrected chi connectivity index (χ2v) is 4.15. The molecule has 0 saturated heterocycles. The highest BCUT2D eigenvalue weighted by atomic mass is 16.3. The highest BCUT2D eigenvalue weighted by Gasteiger charge is 2.50. The van der Waals surface area contributed by atoms with Gasteiger partial charge in [-0.15, -0.1) is 0 Å². The Labute approximate surface area is 61.4 Å². The zero-order valence-corrected chi connectivity index (χ0v) is 6.38. The molecule has 0 radical (unpaired) electrons. The average Bonchev–Trinajstić information content (AvgIpc) is 2.21. The smallest absolute Gasteiger partial charge is 0.0651 e. The number of aliphatic hydroxyl groups is 1. The lowest BCUT2D eigenvalue weighted by atomic mass is 9.84. The van der Waals surface area contributed by atoms with Crippen LogP contribution in [0.5, 0.6) is 0 Å². The van der Waals surface area contributed by atoms with E-state index in [2.05, 4.69) is 0 Å². The van der Waals surface area contributed by atoms with Crippen LogP contribution in [0.15, 0.2) is 0 Å². The molecule has 2 aliphatic carbocycles. The van der Waals surface area contributed by atoms with Crippen molar-refractivity contribution in [2.45, 2.75) is 37.8 Å². The summed E-state index contributed by atoms with van der Waals surface area (Å²) >= 11 is 0. The molecule has 0 aromatic heterocycles. The molecule has 0 amide bonds. The molecular formula is C8H15NO. The van der Waals surface area contributed by atoms with Crippen molar-refractivity contribution in [3.63, 3.8) is 0 Å². The molecule has 0 aromatic carbocycles. The summed E-state index contributed by atoms with van der Waals surface area (Å²) in [7, 11) is 0. The van der Waals surface area contributed by atoms with Crippen LogP contribution in [0, 0.1) is 11.8 Å². The molecular weight excluding hydrogens is 126 g/mol. The van der Waals surface area contributed by atoms with Gasteiger partial charge in [0.2, 0.25) is 0 Å². The fourth-order valence-corrected chi connectivity index (χ4v) is 2.60. The number of hydrogen-bond acceptors (Lipinski definition) is 2. The van der Waals surface area contributed by atoms with Crippen molar-refractivity contribution in [3.8, 4) is 0 Å². The van der Waals surface area contributed by atoms with E-state index in [1.54, 1.807) is 0 Å². The lowest BCUT2D eigenvalue weighted by Crippen LogP contribution is -2.39. The zero-order valence-electron chi connectivity index (χ0n) is 6.38. The third-order valence-electron chi connectivity index (χ3n) is 3.30. The van der Waals surface area contributed by atoms with Gasteiger partial charge in [-0.1, -0.05) is 0 Å². The molecule has 0 aliphatic heterocycles. The van der Waals surface area contributed by atoms with Crippen molar-refractivity contribution < 1.29 is 5.11 Å². The fourth-order valence-electron chi connectivity index (χ4n) is 2.60. The van der Waals surface area contributed by atoms with Gasteiger partial charge in [-0.05, 0) is 38.0 Å². The lowest BCUT2D eigenvalue weighted by Gasteiger charge is -2.30. The summed E-state index contributed by atoms with van der Waals surface area (Å²) in [4.78, 5) is 0. The van der Waals surface area contributed by atoms with Crippen LogP contribution >= 0.6 is 0 Å². The quantitative estimate of drug-likeness (QED) is 0.516. The van der Waals surface area contributed by atoms with Crippen LogP contribution in [0.1, 0.15) is 26.2 Å². The van der Waals surface area contributed by atoms with Gasteiger partial charge in [0.15, 0.2) is 0 Å². The number of hydrogen-bond donors (Lipinski definition) is 2. The summed E-state index contributed by atoms with van der Waals surface area (Å²) in [6.07, 6.45) is 3.13. The van der Waals surface area contributed by atoms with Crippen molar-refractivity contribution in [2.75, 3.05) is 0 Å². The van der Waals surface area contributed by atoms with Crippen LogP contribution in [-0.4, -0.2) is 16.7 Å². The Balaban J connectivity index is 2.16. The maximum atomic E-state index is 9.75. The van der Waals surface area contributed by atoms with E-state index in [0.29, 0.717) is 17.9 Å². The molecule has 0 aromatic rings. The van der Waals surface area contributed by atoms with Crippen molar-refractivity contribution in [3.05, 3.63) is 0 Å². The van der Waals surface area contributed by atoms with E-state index >= 15 is 0 Å². The van der Waals surface area contributed by atoms with Gasteiger partial charge in [-0.2, -0.15) is 0 Å². The van der Waals surface area contributed by atoms with Crippen LogP contribution in [0.4, 0.5) is 0 Å². The van der Waals surface area contributed by atoms with Crippen LogP contribution in [0.3, 0.4) is 0 Å². The number of fused-ring (bicyclic) bond motifs is 2. The maximum Gasteiger partial charge on any atom is 0.0651 e. The molecule has 4 atom stereocenters. The fraction of sp³-hybridized carbons (Fsp3) is 1.00. The predicted octanol–water partition coefficient (Wildman–Crippen LogP) is 0.495. The summed E-state index contributed by atoms with van der Waals surface area (Å²) in [6, 6.07) is 0.380. The second-order valence-electron chi connectivity index (χ2n) is 4.15. The Morgan fingerprint density at radius 3 is 2.50 bits per heavy atom. The minimum Gasteiger partial charge on any atom is -0.390 e. The van der Waals surface area contributed by atoms with Crippen LogP contribution < -0.4 is 5.73 Å². The van der Waals surface area contributed by atoms with E-state index in [9.17, 15) is 5.11 Å². The molecule has 2 saturated carbocycles. The first-order chi connectivity index (χ1) is 4.59. The molecule has 2 aliphatic rings. The standard InChI is InChI=1S/C8H15NO/c1-8(10)4-5-2-6(8)3-7(5)9/h5-7,10H,2-4,9H2,1H3/t5-,6-,7-,8+/m0/s1. The average molecular weight is 141 g/mol. The molecule has 2 rings (SSSR count). The largest absolute Gasteiger partial charge is 0.390 e. The predicted molar refractivity (Wildman–Crippen MR) is 39.4 cm³/mol. The van der Waals surface area contributed by atoms with Crippen LogP contribution in [0.2, 0.25) is 0 Å². The van der Waals surface area contributed by atoms with Gasteiger partial charge in [-0.25, -0.2) is 0 Å². The topological polar surface area (TPSA) is 46.2 Å². The number of rotatable bonds is 0. The van der Waals surface area contributed by atoms with Gasteiger partial charge < -0.3 is 10.8 Å². The zero-order chi connectivity index (χ0) is 7.35. The molecule has 2 fully saturated rings. The van der Waals surface area contributed by atoms with Crippen molar-refractivity contribution in [1.29, 1.82) is 0 Å². The molecule has 2 nitrogen and oxygen atoms in total. The van der Waals surface area contributed by atoms with Gasteiger partial charge in [0.05, 0.1) is 5.60 Å². The van der Waals surface area contributed by atoms with Crippen molar-refractivity contribution in [2.24, 2.45) is 17.6 Å². The summed E-state index contributed by atoms with van der Waals surface area (Å²) in [6.45, 7) is 1.95. The molecule has 10 heavy (non-hydrogen) atoms. The van der Waals surface area contributed by atoms with E-state index < -0.39 is 0 Å². The Hall–Kier alpha value is -0.0800. The normalized spacial score (nSPS) is 59.7. The van der Waals surface area contributed by atoms with Gasteiger partial charge in [0.1, 0.15) is 0 Å². The molecule has 3 N–H and O–H groups in total. The summed E-state index contributed by atoms with van der Waals surface area (Å²) in [5.41, 5.74) is 5.44.